The van der Waals surface area contributed by atoms with E-state index in [4.69, 9.17) is 21.7 Å². The van der Waals surface area contributed by atoms with Crippen LogP contribution in [0, 0.1) is 5.92 Å². The SMILES string of the molecule is COCCN1C(=O)C(C(C)=NCC(C)(C)N2CCOCC2)C(=O)NC1=S. The molecule has 0 bridgehead atoms. The summed E-state index contributed by atoms with van der Waals surface area (Å²) in [5.41, 5.74) is 0.323. The highest BCUT2D eigenvalue weighted by atomic mass is 32.1. The molecule has 0 saturated carbocycles. The summed E-state index contributed by atoms with van der Waals surface area (Å²) in [6.45, 7) is 10.2. The summed E-state index contributed by atoms with van der Waals surface area (Å²) in [4.78, 5) is 33.3. The number of rotatable bonds is 7. The number of hydrogen-bond donors (Lipinski definition) is 1. The van der Waals surface area contributed by atoms with Crippen LogP contribution in [0.5, 0.6) is 0 Å². The Morgan fingerprint density at radius 1 is 1.38 bits per heavy atom. The van der Waals surface area contributed by atoms with Gasteiger partial charge in [0.15, 0.2) is 11.0 Å². The molecule has 2 aliphatic rings. The molecule has 1 N–H and O–H groups in total. The molecule has 1 unspecified atom stereocenters. The number of aliphatic imine (C=N–C) groups is 1. The lowest BCUT2D eigenvalue weighted by Crippen LogP contribution is -2.60. The standard InChI is InChI=1S/C17H28N4O4S/c1-12(18-11-17(2,3)20-5-9-25-10-6-20)13-14(22)19-16(26)21(15(13)23)7-8-24-4/h13H,5-11H2,1-4H3,(H,19,22,26). The van der Waals surface area contributed by atoms with E-state index >= 15 is 0 Å². The molecule has 146 valence electrons. The van der Waals surface area contributed by atoms with Gasteiger partial charge < -0.3 is 14.8 Å². The number of carbonyl (C=O) groups is 2. The van der Waals surface area contributed by atoms with Gasteiger partial charge in [-0.2, -0.15) is 0 Å². The van der Waals surface area contributed by atoms with E-state index in [-0.39, 0.29) is 16.6 Å². The summed E-state index contributed by atoms with van der Waals surface area (Å²) < 4.78 is 10.4. The van der Waals surface area contributed by atoms with E-state index in [9.17, 15) is 9.59 Å². The Kier molecular flexibility index (Phi) is 7.22. The van der Waals surface area contributed by atoms with Crippen LogP contribution in [0.1, 0.15) is 20.8 Å². The number of carbonyl (C=O) groups excluding carboxylic acids is 2. The fraction of sp³-hybridized carbons (Fsp3) is 0.765. The Morgan fingerprint density at radius 2 is 2.04 bits per heavy atom. The van der Waals surface area contributed by atoms with Crippen LogP contribution in [0.3, 0.4) is 0 Å². The van der Waals surface area contributed by atoms with Crippen molar-refractivity contribution < 1.29 is 19.1 Å². The molecule has 2 fully saturated rings. The molecule has 0 radical (unpaired) electrons. The van der Waals surface area contributed by atoms with Crippen molar-refractivity contribution in [2.75, 3.05) is 53.1 Å². The largest absolute Gasteiger partial charge is 0.383 e. The molecule has 9 heteroatoms. The summed E-state index contributed by atoms with van der Waals surface area (Å²) in [6, 6.07) is 0. The molecule has 0 aromatic rings. The van der Waals surface area contributed by atoms with Crippen molar-refractivity contribution in [2.45, 2.75) is 26.3 Å². The van der Waals surface area contributed by atoms with Gasteiger partial charge in [0.05, 0.1) is 32.9 Å². The molecule has 2 aliphatic heterocycles. The minimum Gasteiger partial charge on any atom is -0.383 e. The zero-order valence-corrected chi connectivity index (χ0v) is 16.7. The van der Waals surface area contributed by atoms with Gasteiger partial charge >= 0.3 is 0 Å². The van der Waals surface area contributed by atoms with Gasteiger partial charge in [-0.05, 0) is 33.0 Å². The van der Waals surface area contributed by atoms with Crippen molar-refractivity contribution in [3.05, 3.63) is 0 Å². The van der Waals surface area contributed by atoms with E-state index in [0.29, 0.717) is 38.6 Å². The van der Waals surface area contributed by atoms with Crippen LogP contribution in [0.25, 0.3) is 0 Å². The average Bonchev–Trinajstić information content (AvgIpc) is 2.60. The lowest BCUT2D eigenvalue weighted by atomic mass is 9.98. The van der Waals surface area contributed by atoms with Crippen molar-refractivity contribution in [3.8, 4) is 0 Å². The number of ether oxygens (including phenoxy) is 2. The van der Waals surface area contributed by atoms with E-state index in [1.54, 1.807) is 14.0 Å². The minimum atomic E-state index is -0.945. The van der Waals surface area contributed by atoms with Gasteiger partial charge in [0.2, 0.25) is 11.8 Å². The molecule has 2 amide bonds. The van der Waals surface area contributed by atoms with Crippen LogP contribution in [-0.2, 0) is 19.1 Å². The Hall–Kier alpha value is -1.42. The summed E-state index contributed by atoms with van der Waals surface area (Å²) in [7, 11) is 1.55. The Morgan fingerprint density at radius 3 is 2.65 bits per heavy atom. The lowest BCUT2D eigenvalue weighted by molar-refractivity contribution is -0.138. The predicted molar refractivity (Wildman–Crippen MR) is 102 cm³/mol. The number of amides is 2. The third-order valence-corrected chi connectivity index (χ3v) is 5.09. The van der Waals surface area contributed by atoms with Gasteiger partial charge in [0.1, 0.15) is 0 Å². The maximum atomic E-state index is 12.7. The zero-order valence-electron chi connectivity index (χ0n) is 15.9. The highest BCUT2D eigenvalue weighted by Crippen LogP contribution is 2.18. The number of methoxy groups -OCH3 is 1. The summed E-state index contributed by atoms with van der Waals surface area (Å²) in [5.74, 6) is -1.71. The smallest absolute Gasteiger partial charge is 0.247 e. The molecular formula is C17H28N4O4S. The topological polar surface area (TPSA) is 83.5 Å². The summed E-state index contributed by atoms with van der Waals surface area (Å²) >= 11 is 5.10. The highest BCUT2D eigenvalue weighted by Gasteiger charge is 2.40. The first-order valence-corrected chi connectivity index (χ1v) is 9.17. The van der Waals surface area contributed by atoms with Crippen LogP contribution in [0.15, 0.2) is 4.99 Å². The first-order valence-electron chi connectivity index (χ1n) is 8.77. The molecular weight excluding hydrogens is 356 g/mol. The molecule has 0 aliphatic carbocycles. The van der Waals surface area contributed by atoms with Gasteiger partial charge in [-0.25, -0.2) is 0 Å². The van der Waals surface area contributed by atoms with Crippen molar-refractivity contribution in [1.82, 2.24) is 15.1 Å². The molecule has 2 saturated heterocycles. The third kappa shape index (κ3) is 4.85. The summed E-state index contributed by atoms with van der Waals surface area (Å²) in [5, 5.41) is 2.71. The average molecular weight is 385 g/mol. The monoisotopic (exact) mass is 384 g/mol. The van der Waals surface area contributed by atoms with E-state index in [1.807, 2.05) is 0 Å². The maximum absolute atomic E-state index is 12.7. The third-order valence-electron chi connectivity index (χ3n) is 4.77. The molecule has 0 spiro atoms. The predicted octanol–water partition coefficient (Wildman–Crippen LogP) is 0.0640. The van der Waals surface area contributed by atoms with Crippen LogP contribution in [0.2, 0.25) is 0 Å². The Balaban J connectivity index is 2.08. The van der Waals surface area contributed by atoms with Crippen LogP contribution >= 0.6 is 12.2 Å². The minimum absolute atomic E-state index is 0.120. The number of nitrogens with one attached hydrogen (secondary N) is 1. The molecule has 26 heavy (non-hydrogen) atoms. The molecule has 0 aromatic carbocycles. The van der Waals surface area contributed by atoms with Crippen molar-refractivity contribution >= 4 is 34.9 Å². The van der Waals surface area contributed by atoms with Crippen LogP contribution in [-0.4, -0.2) is 91.1 Å². The fourth-order valence-corrected chi connectivity index (χ4v) is 3.34. The van der Waals surface area contributed by atoms with Crippen LogP contribution in [0.4, 0.5) is 0 Å². The van der Waals surface area contributed by atoms with E-state index in [2.05, 4.69) is 29.1 Å². The second-order valence-corrected chi connectivity index (χ2v) is 7.47. The molecule has 8 nitrogen and oxygen atoms in total. The second kappa shape index (κ2) is 8.98. The van der Waals surface area contributed by atoms with Gasteiger partial charge in [0.25, 0.3) is 0 Å². The van der Waals surface area contributed by atoms with Crippen molar-refractivity contribution in [2.24, 2.45) is 10.9 Å². The van der Waals surface area contributed by atoms with E-state index in [1.165, 1.54) is 4.90 Å². The van der Waals surface area contributed by atoms with Crippen LogP contribution < -0.4 is 5.32 Å². The number of hydrogen-bond acceptors (Lipinski definition) is 7. The van der Waals surface area contributed by atoms with E-state index in [0.717, 1.165) is 13.1 Å². The molecule has 2 rings (SSSR count). The van der Waals surface area contributed by atoms with Crippen molar-refractivity contribution in [1.29, 1.82) is 0 Å². The molecule has 0 aromatic heterocycles. The fourth-order valence-electron chi connectivity index (χ4n) is 3.05. The normalized spacial score (nSPS) is 23.4. The lowest BCUT2D eigenvalue weighted by Gasteiger charge is -2.40. The zero-order chi connectivity index (χ0) is 19.3. The molecule has 2 heterocycles. The number of nitrogens with zero attached hydrogens (tertiary/aromatic N) is 3. The Labute approximate surface area is 159 Å². The van der Waals surface area contributed by atoms with Crippen molar-refractivity contribution in [3.63, 3.8) is 0 Å². The highest BCUT2D eigenvalue weighted by molar-refractivity contribution is 7.80. The first-order chi connectivity index (χ1) is 12.3. The van der Waals surface area contributed by atoms with Gasteiger partial charge in [-0.1, -0.05) is 0 Å². The quantitative estimate of drug-likeness (QED) is 0.380. The number of morpholine rings is 1. The van der Waals surface area contributed by atoms with Gasteiger partial charge in [-0.3, -0.25) is 24.4 Å². The summed E-state index contributed by atoms with van der Waals surface area (Å²) in [6.07, 6.45) is 0. The Bertz CT molecular complexity index is 587. The maximum Gasteiger partial charge on any atom is 0.247 e. The van der Waals surface area contributed by atoms with Gasteiger partial charge in [-0.15, -0.1) is 0 Å². The second-order valence-electron chi connectivity index (χ2n) is 7.08. The van der Waals surface area contributed by atoms with Gasteiger partial charge in [0, 0.05) is 31.4 Å². The first kappa shape index (κ1) is 20.9. The van der Waals surface area contributed by atoms with E-state index < -0.39 is 11.8 Å². The molecule has 1 atom stereocenters. The number of thiocarbonyl (C=S) groups is 1.